The number of amides is 1. The average Bonchev–Trinajstić information content (AvgIpc) is 2.38. The summed E-state index contributed by atoms with van der Waals surface area (Å²) in [6.45, 7) is 7.75. The highest BCUT2D eigenvalue weighted by molar-refractivity contribution is 5.88. The highest BCUT2D eigenvalue weighted by atomic mass is 16.7. The molecule has 0 saturated carbocycles. The fraction of sp³-hybridized carbons (Fsp3) is 0.467. The largest absolute Gasteiger partial charge is 0.467 e. The summed E-state index contributed by atoms with van der Waals surface area (Å²) in [5.74, 6) is 0.396. The third-order valence-electron chi connectivity index (χ3n) is 2.28. The van der Waals surface area contributed by atoms with E-state index in [4.69, 9.17) is 14.2 Å². The lowest BCUT2D eigenvalue weighted by Crippen LogP contribution is -2.27. The number of carbonyl (C=O) groups excluding carboxylic acids is 2. The number of benzene rings is 1. The molecule has 1 N–H and O–H groups in total. The van der Waals surface area contributed by atoms with Crippen LogP contribution in [0, 0.1) is 0 Å². The van der Waals surface area contributed by atoms with Crippen molar-refractivity contribution in [2.45, 2.75) is 33.3 Å². The maximum absolute atomic E-state index is 11.7. The van der Waals surface area contributed by atoms with Crippen molar-refractivity contribution in [3.8, 4) is 5.75 Å². The number of ether oxygens (including phenoxy) is 3. The zero-order valence-corrected chi connectivity index (χ0v) is 12.8. The van der Waals surface area contributed by atoms with Crippen molar-refractivity contribution >= 4 is 18.1 Å². The van der Waals surface area contributed by atoms with E-state index in [1.807, 2.05) is 6.92 Å². The van der Waals surface area contributed by atoms with Crippen molar-refractivity contribution in [1.82, 2.24) is 0 Å². The molecule has 6 heteroatoms. The van der Waals surface area contributed by atoms with Crippen LogP contribution in [0.4, 0.5) is 10.5 Å². The van der Waals surface area contributed by atoms with Crippen LogP contribution in [0.5, 0.6) is 5.75 Å². The molecule has 1 aromatic carbocycles. The SMILES string of the molecule is CCOCOc1ccc(NC(=O)OC(C)(C)C)cc1C=O. The molecule has 0 aliphatic rings. The lowest BCUT2D eigenvalue weighted by molar-refractivity contribution is 0.0220. The smallest absolute Gasteiger partial charge is 0.412 e. The van der Waals surface area contributed by atoms with Gasteiger partial charge in [-0.1, -0.05) is 0 Å². The second kappa shape index (κ2) is 7.64. The number of carbonyl (C=O) groups is 2. The van der Waals surface area contributed by atoms with Crippen LogP contribution in [-0.4, -0.2) is 31.4 Å². The molecule has 0 unspecified atom stereocenters. The van der Waals surface area contributed by atoms with Crippen molar-refractivity contribution < 1.29 is 23.8 Å². The van der Waals surface area contributed by atoms with Gasteiger partial charge >= 0.3 is 6.09 Å². The Morgan fingerprint density at radius 2 is 2.05 bits per heavy atom. The molecule has 0 aliphatic carbocycles. The van der Waals surface area contributed by atoms with Crippen molar-refractivity contribution in [2.75, 3.05) is 18.7 Å². The summed E-state index contributed by atoms with van der Waals surface area (Å²) in [6, 6.07) is 4.73. The minimum Gasteiger partial charge on any atom is -0.467 e. The second-order valence-electron chi connectivity index (χ2n) is 5.25. The van der Waals surface area contributed by atoms with Gasteiger partial charge in [-0.25, -0.2) is 4.79 Å². The number of aldehydes is 1. The summed E-state index contributed by atoms with van der Waals surface area (Å²) in [5.41, 5.74) is 0.191. The molecule has 1 aromatic rings. The van der Waals surface area contributed by atoms with Crippen LogP contribution in [0.1, 0.15) is 38.1 Å². The van der Waals surface area contributed by atoms with Crippen molar-refractivity contribution in [1.29, 1.82) is 0 Å². The van der Waals surface area contributed by atoms with Crippen LogP contribution < -0.4 is 10.1 Å². The van der Waals surface area contributed by atoms with Crippen molar-refractivity contribution in [3.63, 3.8) is 0 Å². The first-order chi connectivity index (χ1) is 9.85. The first-order valence-electron chi connectivity index (χ1n) is 6.65. The summed E-state index contributed by atoms with van der Waals surface area (Å²) >= 11 is 0. The Bertz CT molecular complexity index is 493. The molecule has 1 rings (SSSR count). The van der Waals surface area contributed by atoms with Crippen LogP contribution in [0.15, 0.2) is 18.2 Å². The monoisotopic (exact) mass is 295 g/mol. The maximum Gasteiger partial charge on any atom is 0.412 e. The fourth-order valence-electron chi connectivity index (χ4n) is 1.46. The molecular weight excluding hydrogens is 274 g/mol. The topological polar surface area (TPSA) is 73.9 Å². The molecule has 0 atom stereocenters. The Morgan fingerprint density at radius 3 is 2.62 bits per heavy atom. The van der Waals surface area contributed by atoms with Gasteiger partial charge in [0.2, 0.25) is 0 Å². The van der Waals surface area contributed by atoms with E-state index in [1.165, 1.54) is 6.07 Å². The van der Waals surface area contributed by atoms with E-state index in [2.05, 4.69) is 5.32 Å². The Labute approximate surface area is 124 Å². The van der Waals surface area contributed by atoms with Crippen molar-refractivity contribution in [2.24, 2.45) is 0 Å². The first kappa shape index (κ1) is 17.0. The van der Waals surface area contributed by atoms with Gasteiger partial charge in [0, 0.05) is 12.3 Å². The predicted molar refractivity (Wildman–Crippen MR) is 78.8 cm³/mol. The van der Waals surface area contributed by atoms with Crippen LogP contribution >= 0.6 is 0 Å². The molecule has 0 radical (unpaired) electrons. The molecule has 0 bridgehead atoms. The summed E-state index contributed by atoms with van der Waals surface area (Å²) in [4.78, 5) is 22.7. The highest BCUT2D eigenvalue weighted by Crippen LogP contribution is 2.22. The number of hydrogen-bond donors (Lipinski definition) is 1. The zero-order valence-electron chi connectivity index (χ0n) is 12.8. The maximum atomic E-state index is 11.7. The van der Waals surface area contributed by atoms with Gasteiger partial charge in [-0.3, -0.25) is 10.1 Å². The van der Waals surface area contributed by atoms with Gasteiger partial charge in [-0.15, -0.1) is 0 Å². The van der Waals surface area contributed by atoms with Crippen LogP contribution in [-0.2, 0) is 9.47 Å². The van der Waals surface area contributed by atoms with Crippen LogP contribution in [0.25, 0.3) is 0 Å². The quantitative estimate of drug-likeness (QED) is 0.495. The summed E-state index contributed by atoms with van der Waals surface area (Å²) in [6.07, 6.45) is 0.0731. The van der Waals surface area contributed by atoms with Gasteiger partial charge in [0.15, 0.2) is 13.1 Å². The lowest BCUT2D eigenvalue weighted by Gasteiger charge is -2.19. The predicted octanol–water partition coefficient (Wildman–Crippen LogP) is 3.22. The Kier molecular flexibility index (Phi) is 6.17. The molecule has 1 amide bonds. The molecule has 0 aromatic heterocycles. The average molecular weight is 295 g/mol. The van der Waals surface area contributed by atoms with E-state index < -0.39 is 11.7 Å². The van der Waals surface area contributed by atoms with Gasteiger partial charge in [-0.05, 0) is 45.9 Å². The van der Waals surface area contributed by atoms with Crippen molar-refractivity contribution in [3.05, 3.63) is 23.8 Å². The molecule has 0 aliphatic heterocycles. The molecule has 0 saturated heterocycles. The molecule has 0 spiro atoms. The lowest BCUT2D eigenvalue weighted by atomic mass is 10.2. The van der Waals surface area contributed by atoms with Gasteiger partial charge in [-0.2, -0.15) is 0 Å². The van der Waals surface area contributed by atoms with E-state index >= 15 is 0 Å². The molecule has 21 heavy (non-hydrogen) atoms. The van der Waals surface area contributed by atoms with E-state index in [9.17, 15) is 9.59 Å². The third kappa shape index (κ3) is 6.27. The number of nitrogens with one attached hydrogen (secondary N) is 1. The normalized spacial score (nSPS) is 10.9. The summed E-state index contributed by atoms with van der Waals surface area (Å²) in [7, 11) is 0. The molecule has 6 nitrogen and oxygen atoms in total. The van der Waals surface area contributed by atoms with E-state index in [0.717, 1.165) is 0 Å². The van der Waals surface area contributed by atoms with E-state index in [0.29, 0.717) is 29.9 Å². The zero-order chi connectivity index (χ0) is 15.9. The Balaban J connectivity index is 2.73. The fourth-order valence-corrected chi connectivity index (χ4v) is 1.46. The third-order valence-corrected chi connectivity index (χ3v) is 2.28. The second-order valence-corrected chi connectivity index (χ2v) is 5.25. The van der Waals surface area contributed by atoms with Gasteiger partial charge in [0.1, 0.15) is 11.4 Å². The van der Waals surface area contributed by atoms with Gasteiger partial charge in [0.05, 0.1) is 5.56 Å². The molecule has 0 heterocycles. The Morgan fingerprint density at radius 1 is 1.33 bits per heavy atom. The number of hydrogen-bond acceptors (Lipinski definition) is 5. The van der Waals surface area contributed by atoms with E-state index in [-0.39, 0.29) is 6.79 Å². The van der Waals surface area contributed by atoms with E-state index in [1.54, 1.807) is 32.9 Å². The summed E-state index contributed by atoms with van der Waals surface area (Å²) in [5, 5.41) is 2.56. The number of rotatable bonds is 6. The molecule has 0 fully saturated rings. The van der Waals surface area contributed by atoms with Gasteiger partial charge in [0.25, 0.3) is 0 Å². The molecular formula is C15H21NO5. The molecule has 116 valence electrons. The highest BCUT2D eigenvalue weighted by Gasteiger charge is 2.16. The summed E-state index contributed by atoms with van der Waals surface area (Å²) < 4.78 is 15.5. The van der Waals surface area contributed by atoms with Gasteiger partial charge < -0.3 is 14.2 Å². The first-order valence-corrected chi connectivity index (χ1v) is 6.65. The minimum atomic E-state index is -0.585. The number of anilines is 1. The Hall–Kier alpha value is -2.08. The minimum absolute atomic E-state index is 0.0657. The standard InChI is InChI=1S/C15H21NO5/c1-5-19-10-20-13-7-6-12(8-11(13)9-17)16-14(18)21-15(2,3)4/h6-9H,5,10H2,1-4H3,(H,16,18). The van der Waals surface area contributed by atoms with Crippen LogP contribution in [0.2, 0.25) is 0 Å². The van der Waals surface area contributed by atoms with Crippen LogP contribution in [0.3, 0.4) is 0 Å².